The Morgan fingerprint density at radius 3 is 2.62 bits per heavy atom. The Morgan fingerprint density at radius 2 is 1.79 bits per heavy atom. The number of ether oxygens (including phenoxy) is 2. The smallest absolute Gasteiger partial charge is 0.251 e. The van der Waals surface area contributed by atoms with Crippen molar-refractivity contribution in [2.24, 2.45) is 0 Å². The SMILES string of the molecule is CCOc1ccc(C(=O)NCc2ccc3[nH]c4c(c3c2)CCCC4)cc1OCC. The van der Waals surface area contributed by atoms with Crippen molar-refractivity contribution in [1.29, 1.82) is 0 Å². The Bertz CT molecular complexity index is 1020. The molecule has 1 aromatic heterocycles. The zero-order valence-corrected chi connectivity index (χ0v) is 17.1. The molecule has 29 heavy (non-hydrogen) atoms. The van der Waals surface area contributed by atoms with Crippen molar-refractivity contribution < 1.29 is 14.3 Å². The second-order valence-electron chi connectivity index (χ2n) is 7.38. The molecule has 2 N–H and O–H groups in total. The molecule has 0 saturated carbocycles. The van der Waals surface area contributed by atoms with E-state index in [0.29, 0.717) is 36.8 Å². The van der Waals surface area contributed by atoms with Crippen LogP contribution >= 0.6 is 0 Å². The van der Waals surface area contributed by atoms with Crippen molar-refractivity contribution in [1.82, 2.24) is 10.3 Å². The topological polar surface area (TPSA) is 63.3 Å². The lowest BCUT2D eigenvalue weighted by Gasteiger charge is -2.13. The van der Waals surface area contributed by atoms with Crippen LogP contribution < -0.4 is 14.8 Å². The van der Waals surface area contributed by atoms with Crippen LogP contribution in [-0.4, -0.2) is 24.1 Å². The molecule has 1 aliphatic rings. The zero-order chi connectivity index (χ0) is 20.2. The fraction of sp³-hybridized carbons (Fsp3) is 0.375. The number of H-pyrrole nitrogens is 1. The molecule has 0 aliphatic heterocycles. The van der Waals surface area contributed by atoms with Crippen LogP contribution in [-0.2, 0) is 19.4 Å². The summed E-state index contributed by atoms with van der Waals surface area (Å²) in [6, 6.07) is 11.7. The number of fused-ring (bicyclic) bond motifs is 3. The van der Waals surface area contributed by atoms with Crippen LogP contribution in [0, 0.1) is 0 Å². The van der Waals surface area contributed by atoms with Gasteiger partial charge in [-0.1, -0.05) is 6.07 Å². The normalized spacial score (nSPS) is 13.2. The van der Waals surface area contributed by atoms with Crippen LogP contribution in [0.4, 0.5) is 0 Å². The van der Waals surface area contributed by atoms with E-state index in [2.05, 4.69) is 28.5 Å². The molecule has 2 aromatic carbocycles. The molecule has 0 fully saturated rings. The number of aromatic amines is 1. The number of rotatable bonds is 7. The number of hydrogen-bond acceptors (Lipinski definition) is 3. The van der Waals surface area contributed by atoms with E-state index in [4.69, 9.17) is 9.47 Å². The summed E-state index contributed by atoms with van der Waals surface area (Å²) >= 11 is 0. The number of carbonyl (C=O) groups excluding carboxylic acids is 1. The van der Waals surface area contributed by atoms with Crippen LogP contribution in [0.2, 0.25) is 0 Å². The number of aromatic nitrogens is 1. The van der Waals surface area contributed by atoms with Crippen molar-refractivity contribution in [3.8, 4) is 11.5 Å². The first-order valence-corrected chi connectivity index (χ1v) is 10.5. The van der Waals surface area contributed by atoms with E-state index in [1.165, 1.54) is 35.0 Å². The van der Waals surface area contributed by atoms with Gasteiger partial charge in [0.05, 0.1) is 13.2 Å². The highest BCUT2D eigenvalue weighted by Gasteiger charge is 2.16. The third-order valence-electron chi connectivity index (χ3n) is 5.42. The first-order valence-electron chi connectivity index (χ1n) is 10.5. The third-order valence-corrected chi connectivity index (χ3v) is 5.42. The van der Waals surface area contributed by atoms with Gasteiger partial charge in [-0.2, -0.15) is 0 Å². The molecule has 5 heteroatoms. The van der Waals surface area contributed by atoms with Crippen molar-refractivity contribution in [3.63, 3.8) is 0 Å². The predicted octanol–water partition coefficient (Wildman–Crippen LogP) is 4.77. The summed E-state index contributed by atoms with van der Waals surface area (Å²) < 4.78 is 11.2. The van der Waals surface area contributed by atoms with Gasteiger partial charge >= 0.3 is 0 Å². The molecule has 0 spiro atoms. The molecule has 3 aromatic rings. The maximum absolute atomic E-state index is 12.7. The summed E-state index contributed by atoms with van der Waals surface area (Å²) in [5, 5.41) is 4.32. The summed E-state index contributed by atoms with van der Waals surface area (Å²) in [5.41, 5.74) is 5.70. The van der Waals surface area contributed by atoms with Crippen molar-refractivity contribution in [2.75, 3.05) is 13.2 Å². The molecule has 0 radical (unpaired) electrons. The summed E-state index contributed by atoms with van der Waals surface area (Å²) in [6.45, 7) is 5.40. The number of benzene rings is 2. The summed E-state index contributed by atoms with van der Waals surface area (Å²) in [5.74, 6) is 1.14. The number of nitrogens with one attached hydrogen (secondary N) is 2. The lowest BCUT2D eigenvalue weighted by atomic mass is 9.95. The molecular formula is C24H28N2O3. The van der Waals surface area contributed by atoms with Crippen molar-refractivity contribution >= 4 is 16.8 Å². The van der Waals surface area contributed by atoms with E-state index in [1.807, 2.05) is 13.8 Å². The van der Waals surface area contributed by atoms with Crippen molar-refractivity contribution in [3.05, 3.63) is 58.8 Å². The molecule has 5 nitrogen and oxygen atoms in total. The van der Waals surface area contributed by atoms with Crippen LogP contribution in [0.15, 0.2) is 36.4 Å². The Morgan fingerprint density at radius 1 is 1.00 bits per heavy atom. The van der Waals surface area contributed by atoms with Crippen LogP contribution in [0.3, 0.4) is 0 Å². The Balaban J connectivity index is 1.48. The van der Waals surface area contributed by atoms with E-state index in [9.17, 15) is 4.79 Å². The summed E-state index contributed by atoms with van der Waals surface area (Å²) in [6.07, 6.45) is 4.78. The van der Waals surface area contributed by atoms with E-state index < -0.39 is 0 Å². The molecule has 1 amide bonds. The van der Waals surface area contributed by atoms with Gasteiger partial charge in [0.1, 0.15) is 0 Å². The van der Waals surface area contributed by atoms with Gasteiger partial charge in [0.25, 0.3) is 5.91 Å². The summed E-state index contributed by atoms with van der Waals surface area (Å²) in [7, 11) is 0. The van der Waals surface area contributed by atoms with Crippen LogP contribution in [0.25, 0.3) is 10.9 Å². The molecule has 0 atom stereocenters. The minimum atomic E-state index is -0.120. The largest absolute Gasteiger partial charge is 0.490 e. The molecular weight excluding hydrogens is 364 g/mol. The van der Waals surface area contributed by atoms with E-state index in [-0.39, 0.29) is 5.91 Å². The molecule has 1 heterocycles. The molecule has 4 rings (SSSR count). The number of carbonyl (C=O) groups is 1. The maximum Gasteiger partial charge on any atom is 0.251 e. The highest BCUT2D eigenvalue weighted by atomic mass is 16.5. The molecule has 0 saturated heterocycles. The third kappa shape index (κ3) is 4.09. The number of aryl methyl sites for hydroxylation is 2. The molecule has 152 valence electrons. The van der Waals surface area contributed by atoms with Gasteiger partial charge in [0, 0.05) is 28.7 Å². The van der Waals surface area contributed by atoms with E-state index in [1.54, 1.807) is 18.2 Å². The maximum atomic E-state index is 12.7. The second kappa shape index (κ2) is 8.60. The highest BCUT2D eigenvalue weighted by molar-refractivity contribution is 5.95. The van der Waals surface area contributed by atoms with Crippen LogP contribution in [0.5, 0.6) is 11.5 Å². The monoisotopic (exact) mass is 392 g/mol. The Kier molecular flexibility index (Phi) is 5.74. The minimum absolute atomic E-state index is 0.120. The van der Waals surface area contributed by atoms with Gasteiger partial charge < -0.3 is 19.8 Å². The summed E-state index contributed by atoms with van der Waals surface area (Å²) in [4.78, 5) is 16.2. The lowest BCUT2D eigenvalue weighted by molar-refractivity contribution is 0.0950. The Hall–Kier alpha value is -2.95. The average molecular weight is 392 g/mol. The fourth-order valence-electron chi connectivity index (χ4n) is 4.04. The number of amides is 1. The standard InChI is InChI=1S/C24H28N2O3/c1-3-28-22-12-10-17(14-23(22)29-4-2)24(27)25-15-16-9-11-21-19(13-16)18-7-5-6-8-20(18)26-21/h9-14,26H,3-8,15H2,1-2H3,(H,25,27). The first-order chi connectivity index (χ1) is 14.2. The van der Waals surface area contributed by atoms with Crippen LogP contribution in [0.1, 0.15) is 53.9 Å². The average Bonchev–Trinajstić information content (AvgIpc) is 3.11. The number of hydrogen-bond donors (Lipinski definition) is 2. The van der Waals surface area contributed by atoms with E-state index >= 15 is 0 Å². The first kappa shape index (κ1) is 19.4. The molecule has 1 aliphatic carbocycles. The van der Waals surface area contributed by atoms with Gasteiger partial charge in [-0.25, -0.2) is 0 Å². The Labute approximate surface area is 171 Å². The predicted molar refractivity (Wildman–Crippen MR) is 115 cm³/mol. The molecule has 0 unspecified atom stereocenters. The van der Waals surface area contributed by atoms with Crippen molar-refractivity contribution in [2.45, 2.75) is 46.1 Å². The van der Waals surface area contributed by atoms with Gasteiger partial charge in [0.2, 0.25) is 0 Å². The van der Waals surface area contributed by atoms with Gasteiger partial charge in [0.15, 0.2) is 11.5 Å². The fourth-order valence-corrected chi connectivity index (χ4v) is 4.04. The second-order valence-corrected chi connectivity index (χ2v) is 7.38. The molecule has 0 bridgehead atoms. The zero-order valence-electron chi connectivity index (χ0n) is 17.1. The van der Waals surface area contributed by atoms with E-state index in [0.717, 1.165) is 18.4 Å². The van der Waals surface area contributed by atoms with Gasteiger partial charge in [-0.3, -0.25) is 4.79 Å². The lowest BCUT2D eigenvalue weighted by Crippen LogP contribution is -2.22. The van der Waals surface area contributed by atoms with Gasteiger partial charge in [-0.05, 0) is 81.0 Å². The van der Waals surface area contributed by atoms with Gasteiger partial charge in [-0.15, -0.1) is 0 Å². The minimum Gasteiger partial charge on any atom is -0.490 e. The quantitative estimate of drug-likeness (QED) is 0.609. The highest BCUT2D eigenvalue weighted by Crippen LogP contribution is 2.30.